The van der Waals surface area contributed by atoms with Gasteiger partial charge < -0.3 is 15.0 Å². The number of aromatic hydroxyl groups is 1. The average molecular weight is 246 g/mol. The highest BCUT2D eigenvalue weighted by atomic mass is 16.3. The number of aromatic nitrogens is 1. The summed E-state index contributed by atoms with van der Waals surface area (Å²) in [5.74, 6) is 0.160. The van der Waals surface area contributed by atoms with Crippen molar-refractivity contribution in [2.75, 3.05) is 20.6 Å². The Labute approximate surface area is 106 Å². The molecule has 0 fully saturated rings. The minimum atomic E-state index is -0.136. The molecule has 2 aromatic rings. The van der Waals surface area contributed by atoms with Gasteiger partial charge in [-0.3, -0.25) is 4.79 Å². The summed E-state index contributed by atoms with van der Waals surface area (Å²) in [6.45, 7) is 0.973. The van der Waals surface area contributed by atoms with E-state index in [0.717, 1.165) is 25.1 Å². The molecule has 0 atom stereocenters. The van der Waals surface area contributed by atoms with Crippen LogP contribution in [-0.4, -0.2) is 35.6 Å². The van der Waals surface area contributed by atoms with Crippen LogP contribution in [0.4, 0.5) is 0 Å². The number of hydrogen-bond acceptors (Lipinski definition) is 3. The second kappa shape index (κ2) is 5.23. The summed E-state index contributed by atoms with van der Waals surface area (Å²) < 4.78 is 0. The first-order valence-electron chi connectivity index (χ1n) is 6.06. The summed E-state index contributed by atoms with van der Waals surface area (Å²) in [4.78, 5) is 16.8. The van der Waals surface area contributed by atoms with Crippen LogP contribution in [-0.2, 0) is 6.42 Å². The maximum Gasteiger partial charge on any atom is 0.256 e. The van der Waals surface area contributed by atoms with Crippen molar-refractivity contribution in [2.45, 2.75) is 12.8 Å². The highest BCUT2D eigenvalue weighted by Crippen LogP contribution is 2.22. The molecular weight excluding hydrogens is 228 g/mol. The Bertz CT molecular complexity index is 602. The third kappa shape index (κ3) is 2.71. The fourth-order valence-electron chi connectivity index (χ4n) is 2.05. The number of benzene rings is 1. The highest BCUT2D eigenvalue weighted by molar-refractivity contribution is 5.87. The number of fused-ring (bicyclic) bond motifs is 1. The molecule has 0 aliphatic heterocycles. The van der Waals surface area contributed by atoms with Crippen molar-refractivity contribution in [1.82, 2.24) is 9.88 Å². The molecule has 1 aromatic carbocycles. The Morgan fingerprint density at radius 2 is 2.06 bits per heavy atom. The smallest absolute Gasteiger partial charge is 0.256 e. The first kappa shape index (κ1) is 12.6. The van der Waals surface area contributed by atoms with Gasteiger partial charge in [0.1, 0.15) is 5.75 Å². The van der Waals surface area contributed by atoms with E-state index in [1.165, 1.54) is 0 Å². The summed E-state index contributed by atoms with van der Waals surface area (Å²) in [6.07, 6.45) is 1.78. The summed E-state index contributed by atoms with van der Waals surface area (Å²) in [6, 6.07) is 6.86. The van der Waals surface area contributed by atoms with Crippen molar-refractivity contribution in [3.8, 4) is 5.75 Å². The van der Waals surface area contributed by atoms with E-state index in [1.807, 2.05) is 20.2 Å². The molecule has 2 rings (SSSR count). The van der Waals surface area contributed by atoms with E-state index in [0.29, 0.717) is 10.8 Å². The van der Waals surface area contributed by atoms with Crippen LogP contribution in [0.1, 0.15) is 12.1 Å². The first-order valence-corrected chi connectivity index (χ1v) is 6.06. The van der Waals surface area contributed by atoms with E-state index in [-0.39, 0.29) is 11.3 Å². The molecule has 0 bridgehead atoms. The number of hydrogen-bond donors (Lipinski definition) is 2. The fraction of sp³-hybridized carbons (Fsp3) is 0.357. The minimum Gasteiger partial charge on any atom is -0.507 e. The molecule has 4 heteroatoms. The van der Waals surface area contributed by atoms with Crippen LogP contribution in [0, 0.1) is 0 Å². The number of H-pyrrole nitrogens is 1. The molecule has 1 aromatic heterocycles. The van der Waals surface area contributed by atoms with Crippen molar-refractivity contribution in [3.63, 3.8) is 0 Å². The molecule has 0 amide bonds. The van der Waals surface area contributed by atoms with E-state index >= 15 is 0 Å². The third-order valence-corrected chi connectivity index (χ3v) is 2.97. The first-order chi connectivity index (χ1) is 8.58. The molecule has 0 aliphatic rings. The Kier molecular flexibility index (Phi) is 3.67. The lowest BCUT2D eigenvalue weighted by atomic mass is 10.1. The number of nitrogens with zero attached hydrogens (tertiary/aromatic N) is 1. The van der Waals surface area contributed by atoms with E-state index in [4.69, 9.17) is 0 Å². The topological polar surface area (TPSA) is 56.3 Å². The second-order valence-electron chi connectivity index (χ2n) is 4.77. The van der Waals surface area contributed by atoms with E-state index < -0.39 is 0 Å². The summed E-state index contributed by atoms with van der Waals surface area (Å²) >= 11 is 0. The van der Waals surface area contributed by atoms with Crippen molar-refractivity contribution < 1.29 is 5.11 Å². The summed E-state index contributed by atoms with van der Waals surface area (Å²) in [7, 11) is 4.05. The Morgan fingerprint density at radius 3 is 2.78 bits per heavy atom. The van der Waals surface area contributed by atoms with Gasteiger partial charge in [-0.15, -0.1) is 0 Å². The lowest BCUT2D eigenvalue weighted by Crippen LogP contribution is -2.15. The molecule has 18 heavy (non-hydrogen) atoms. The molecule has 0 radical (unpaired) electrons. The van der Waals surface area contributed by atoms with Crippen LogP contribution in [0.3, 0.4) is 0 Å². The van der Waals surface area contributed by atoms with Gasteiger partial charge in [-0.2, -0.15) is 0 Å². The molecule has 0 saturated carbocycles. The lowest BCUT2D eigenvalue weighted by molar-refractivity contribution is 0.399. The van der Waals surface area contributed by atoms with Gasteiger partial charge in [-0.25, -0.2) is 0 Å². The molecule has 0 aliphatic carbocycles. The second-order valence-corrected chi connectivity index (χ2v) is 4.77. The SMILES string of the molecule is CN(C)CCCc1cc2c(O)cccc2c(=O)[nH]1. The maximum atomic E-state index is 11.9. The van der Waals surface area contributed by atoms with Crippen LogP contribution in [0.2, 0.25) is 0 Å². The normalized spacial score (nSPS) is 11.3. The minimum absolute atomic E-state index is 0.136. The van der Waals surface area contributed by atoms with Gasteiger partial charge >= 0.3 is 0 Å². The van der Waals surface area contributed by atoms with Gasteiger partial charge in [0.05, 0.1) is 5.39 Å². The molecule has 0 unspecified atom stereocenters. The van der Waals surface area contributed by atoms with Gasteiger partial charge in [0.25, 0.3) is 5.56 Å². The van der Waals surface area contributed by atoms with Crippen molar-refractivity contribution in [2.24, 2.45) is 0 Å². The zero-order chi connectivity index (χ0) is 13.1. The lowest BCUT2D eigenvalue weighted by Gasteiger charge is -2.09. The number of phenols is 1. The quantitative estimate of drug-likeness (QED) is 0.863. The fourth-order valence-corrected chi connectivity index (χ4v) is 2.05. The number of phenolic OH excluding ortho intramolecular Hbond substituents is 1. The Balaban J connectivity index is 2.31. The predicted molar refractivity (Wildman–Crippen MR) is 73.1 cm³/mol. The van der Waals surface area contributed by atoms with Crippen LogP contribution >= 0.6 is 0 Å². The van der Waals surface area contributed by atoms with Crippen molar-refractivity contribution in [1.29, 1.82) is 0 Å². The molecule has 0 spiro atoms. The van der Waals surface area contributed by atoms with Crippen LogP contribution in [0.25, 0.3) is 10.8 Å². The molecule has 4 nitrogen and oxygen atoms in total. The predicted octanol–water partition coefficient (Wildman–Crippen LogP) is 1.73. The number of aryl methyl sites for hydroxylation is 1. The third-order valence-electron chi connectivity index (χ3n) is 2.97. The van der Waals surface area contributed by atoms with Gasteiger partial charge in [0, 0.05) is 11.1 Å². The van der Waals surface area contributed by atoms with Crippen LogP contribution in [0.5, 0.6) is 5.75 Å². The monoisotopic (exact) mass is 246 g/mol. The van der Waals surface area contributed by atoms with Gasteiger partial charge in [0.2, 0.25) is 0 Å². The number of rotatable bonds is 4. The maximum absolute atomic E-state index is 11.9. The summed E-state index contributed by atoms with van der Waals surface area (Å²) in [5, 5.41) is 10.9. The Hall–Kier alpha value is -1.81. The Morgan fingerprint density at radius 1 is 1.28 bits per heavy atom. The van der Waals surface area contributed by atoms with Gasteiger partial charge in [-0.1, -0.05) is 6.07 Å². The largest absolute Gasteiger partial charge is 0.507 e. The van der Waals surface area contributed by atoms with E-state index in [2.05, 4.69) is 9.88 Å². The van der Waals surface area contributed by atoms with E-state index in [9.17, 15) is 9.90 Å². The van der Waals surface area contributed by atoms with E-state index in [1.54, 1.807) is 18.2 Å². The standard InChI is InChI=1S/C14H18N2O2/c1-16(2)8-4-5-10-9-12-11(14(18)15-10)6-3-7-13(12)17/h3,6-7,9,17H,4-5,8H2,1-2H3,(H,15,18). The number of nitrogens with one attached hydrogen (secondary N) is 1. The van der Waals surface area contributed by atoms with Crippen LogP contribution < -0.4 is 5.56 Å². The number of aromatic amines is 1. The molecule has 1 heterocycles. The zero-order valence-electron chi connectivity index (χ0n) is 10.7. The van der Waals surface area contributed by atoms with Crippen molar-refractivity contribution >= 4 is 10.8 Å². The molecule has 2 N–H and O–H groups in total. The molecule has 0 saturated heterocycles. The van der Waals surface area contributed by atoms with Crippen molar-refractivity contribution in [3.05, 3.63) is 40.3 Å². The van der Waals surface area contributed by atoms with Gasteiger partial charge in [0.15, 0.2) is 0 Å². The van der Waals surface area contributed by atoms with Gasteiger partial charge in [-0.05, 0) is 51.7 Å². The molecule has 96 valence electrons. The number of pyridine rings is 1. The molecular formula is C14H18N2O2. The van der Waals surface area contributed by atoms with Crippen LogP contribution in [0.15, 0.2) is 29.1 Å². The summed E-state index contributed by atoms with van der Waals surface area (Å²) in [5.41, 5.74) is 0.735. The average Bonchev–Trinajstić information content (AvgIpc) is 2.30. The highest BCUT2D eigenvalue weighted by Gasteiger charge is 2.05. The zero-order valence-corrected chi connectivity index (χ0v) is 10.7.